The van der Waals surface area contributed by atoms with Gasteiger partial charge in [0.05, 0.1) is 0 Å². The molecule has 0 N–H and O–H groups in total. The Bertz CT molecular complexity index is 567. The van der Waals surface area contributed by atoms with Gasteiger partial charge in [0, 0.05) is 38.3 Å². The number of nitrogens with zero attached hydrogens (tertiary/aromatic N) is 3. The third-order valence-electron chi connectivity index (χ3n) is 4.31. The number of piperazine rings is 1. The maximum absolute atomic E-state index is 12.7. The number of anilines is 1. The molecule has 1 aromatic carbocycles. The van der Waals surface area contributed by atoms with E-state index in [1.807, 2.05) is 30.3 Å². The second kappa shape index (κ2) is 6.17. The van der Waals surface area contributed by atoms with Crippen LogP contribution in [-0.2, 0) is 14.4 Å². The first kappa shape index (κ1) is 14.6. The summed E-state index contributed by atoms with van der Waals surface area (Å²) in [4.78, 5) is 40.7. The highest BCUT2D eigenvalue weighted by Gasteiger charge is 2.39. The average Bonchev–Trinajstić information content (AvgIpc) is 2.96. The molecule has 3 amide bonds. The highest BCUT2D eigenvalue weighted by Crippen LogP contribution is 2.27. The summed E-state index contributed by atoms with van der Waals surface area (Å²) in [6, 6.07) is 8.91. The van der Waals surface area contributed by atoms with Crippen molar-refractivity contribution in [1.29, 1.82) is 0 Å². The van der Waals surface area contributed by atoms with Crippen molar-refractivity contribution >= 4 is 23.9 Å². The highest BCUT2D eigenvalue weighted by molar-refractivity contribution is 6.03. The zero-order chi connectivity index (χ0) is 15.5. The van der Waals surface area contributed by atoms with Crippen LogP contribution in [0.2, 0.25) is 0 Å². The van der Waals surface area contributed by atoms with Crippen molar-refractivity contribution in [3.8, 4) is 0 Å². The molecular formula is C16H19N3O3. The molecule has 2 fully saturated rings. The molecule has 2 heterocycles. The molecule has 1 atom stereocenters. The molecule has 0 saturated carbocycles. The largest absolute Gasteiger partial charge is 0.342 e. The molecule has 6 heteroatoms. The van der Waals surface area contributed by atoms with E-state index in [1.54, 1.807) is 14.7 Å². The lowest BCUT2D eigenvalue weighted by molar-refractivity contribution is -0.136. The maximum Gasteiger partial charge on any atom is 0.245 e. The number of carbonyl (C=O) groups is 3. The zero-order valence-corrected chi connectivity index (χ0v) is 12.4. The van der Waals surface area contributed by atoms with Crippen LogP contribution in [0.1, 0.15) is 12.8 Å². The lowest BCUT2D eigenvalue weighted by Crippen LogP contribution is -2.53. The summed E-state index contributed by atoms with van der Waals surface area (Å²) in [7, 11) is 0. The fraction of sp³-hybridized carbons (Fsp3) is 0.438. The topological polar surface area (TPSA) is 60.9 Å². The van der Waals surface area contributed by atoms with Gasteiger partial charge >= 0.3 is 0 Å². The van der Waals surface area contributed by atoms with E-state index in [-0.39, 0.29) is 11.8 Å². The molecular weight excluding hydrogens is 282 g/mol. The van der Waals surface area contributed by atoms with E-state index >= 15 is 0 Å². The van der Waals surface area contributed by atoms with Crippen molar-refractivity contribution in [1.82, 2.24) is 9.80 Å². The second-order valence-corrected chi connectivity index (χ2v) is 5.62. The van der Waals surface area contributed by atoms with E-state index < -0.39 is 6.04 Å². The number of carbonyl (C=O) groups excluding carboxylic acids is 3. The molecule has 0 bridgehead atoms. The van der Waals surface area contributed by atoms with Crippen LogP contribution in [0.4, 0.5) is 5.69 Å². The van der Waals surface area contributed by atoms with Gasteiger partial charge in [-0.1, -0.05) is 18.2 Å². The Morgan fingerprint density at radius 3 is 2.41 bits per heavy atom. The van der Waals surface area contributed by atoms with Crippen LogP contribution in [0.3, 0.4) is 0 Å². The summed E-state index contributed by atoms with van der Waals surface area (Å²) >= 11 is 0. The van der Waals surface area contributed by atoms with Gasteiger partial charge in [-0.05, 0) is 18.6 Å². The maximum atomic E-state index is 12.7. The fourth-order valence-electron chi connectivity index (χ4n) is 3.09. The van der Waals surface area contributed by atoms with Crippen LogP contribution < -0.4 is 4.90 Å². The van der Waals surface area contributed by atoms with Crippen molar-refractivity contribution in [2.24, 2.45) is 0 Å². The Balaban J connectivity index is 1.74. The van der Waals surface area contributed by atoms with Gasteiger partial charge in [-0.15, -0.1) is 0 Å². The Hall–Kier alpha value is -2.37. The first-order chi connectivity index (χ1) is 10.7. The van der Waals surface area contributed by atoms with Crippen molar-refractivity contribution in [2.45, 2.75) is 18.9 Å². The molecule has 2 aliphatic rings. The second-order valence-electron chi connectivity index (χ2n) is 5.62. The molecule has 2 aliphatic heterocycles. The smallest absolute Gasteiger partial charge is 0.245 e. The van der Waals surface area contributed by atoms with Crippen molar-refractivity contribution < 1.29 is 14.4 Å². The lowest BCUT2D eigenvalue weighted by Gasteiger charge is -2.35. The van der Waals surface area contributed by atoms with Crippen molar-refractivity contribution in [3.05, 3.63) is 30.3 Å². The standard InChI is InChI=1S/C16H19N3O3/c20-12-17-8-10-18(11-9-17)16(22)14-6-7-15(21)19(14)13-4-2-1-3-5-13/h1-5,12,14H,6-11H2. The molecule has 0 aliphatic carbocycles. The van der Waals surface area contributed by atoms with Crippen LogP contribution >= 0.6 is 0 Å². The molecule has 3 rings (SSSR count). The highest BCUT2D eigenvalue weighted by atomic mass is 16.2. The SMILES string of the molecule is O=CN1CCN(C(=O)C2CCC(=O)N2c2ccccc2)CC1. The number of benzene rings is 1. The van der Waals surface area contributed by atoms with Gasteiger partial charge in [-0.25, -0.2) is 0 Å². The Kier molecular flexibility index (Phi) is 4.09. The van der Waals surface area contributed by atoms with Crippen LogP contribution in [0.15, 0.2) is 30.3 Å². The Morgan fingerprint density at radius 1 is 1.09 bits per heavy atom. The minimum absolute atomic E-state index is 0.00363. The van der Waals surface area contributed by atoms with Crippen molar-refractivity contribution in [2.75, 3.05) is 31.1 Å². The zero-order valence-electron chi connectivity index (χ0n) is 12.4. The van der Waals surface area contributed by atoms with Crippen LogP contribution in [0.25, 0.3) is 0 Å². The van der Waals surface area contributed by atoms with Gasteiger partial charge in [-0.3, -0.25) is 19.3 Å². The first-order valence-corrected chi connectivity index (χ1v) is 7.56. The minimum Gasteiger partial charge on any atom is -0.342 e. The van der Waals surface area contributed by atoms with Gasteiger partial charge in [0.2, 0.25) is 18.2 Å². The van der Waals surface area contributed by atoms with E-state index in [0.29, 0.717) is 39.0 Å². The van der Waals surface area contributed by atoms with E-state index in [0.717, 1.165) is 12.1 Å². The average molecular weight is 301 g/mol. The van der Waals surface area contributed by atoms with Gasteiger partial charge < -0.3 is 9.80 Å². The van der Waals surface area contributed by atoms with Crippen molar-refractivity contribution in [3.63, 3.8) is 0 Å². The Labute approximate surface area is 129 Å². The minimum atomic E-state index is -0.419. The summed E-state index contributed by atoms with van der Waals surface area (Å²) in [5, 5.41) is 0. The molecule has 0 radical (unpaired) electrons. The van der Waals surface area contributed by atoms with Crippen LogP contribution in [0, 0.1) is 0 Å². The summed E-state index contributed by atoms with van der Waals surface area (Å²) in [6.45, 7) is 2.18. The van der Waals surface area contributed by atoms with Gasteiger partial charge in [0.15, 0.2) is 0 Å². The normalized spacial score (nSPS) is 22.1. The summed E-state index contributed by atoms with van der Waals surface area (Å²) in [5.41, 5.74) is 0.773. The van der Waals surface area contributed by atoms with E-state index in [2.05, 4.69) is 0 Å². The predicted molar refractivity (Wildman–Crippen MR) is 81.2 cm³/mol. The molecule has 0 aromatic heterocycles. The first-order valence-electron chi connectivity index (χ1n) is 7.56. The molecule has 1 unspecified atom stereocenters. The van der Waals surface area contributed by atoms with Crippen LogP contribution in [0.5, 0.6) is 0 Å². The molecule has 22 heavy (non-hydrogen) atoms. The summed E-state index contributed by atoms with van der Waals surface area (Å²) < 4.78 is 0. The molecule has 2 saturated heterocycles. The number of rotatable bonds is 3. The summed E-state index contributed by atoms with van der Waals surface area (Å²) in [5.74, 6) is -0.0173. The number of hydrogen-bond donors (Lipinski definition) is 0. The summed E-state index contributed by atoms with van der Waals surface area (Å²) in [6.07, 6.45) is 1.78. The Morgan fingerprint density at radius 2 is 1.77 bits per heavy atom. The van der Waals surface area contributed by atoms with E-state index in [9.17, 15) is 14.4 Å². The van der Waals surface area contributed by atoms with Crippen LogP contribution in [-0.4, -0.2) is 60.2 Å². The van der Waals surface area contributed by atoms with E-state index in [1.165, 1.54) is 0 Å². The molecule has 116 valence electrons. The third-order valence-corrected chi connectivity index (χ3v) is 4.31. The lowest BCUT2D eigenvalue weighted by atomic mass is 10.1. The number of hydrogen-bond acceptors (Lipinski definition) is 3. The number of amides is 3. The quantitative estimate of drug-likeness (QED) is 0.763. The monoisotopic (exact) mass is 301 g/mol. The van der Waals surface area contributed by atoms with Gasteiger partial charge in [-0.2, -0.15) is 0 Å². The predicted octanol–water partition coefficient (Wildman–Crippen LogP) is 0.483. The van der Waals surface area contributed by atoms with Gasteiger partial charge in [0.1, 0.15) is 6.04 Å². The third kappa shape index (κ3) is 2.68. The molecule has 1 aromatic rings. The van der Waals surface area contributed by atoms with E-state index in [4.69, 9.17) is 0 Å². The molecule has 6 nitrogen and oxygen atoms in total. The fourth-order valence-corrected chi connectivity index (χ4v) is 3.09. The molecule has 0 spiro atoms. The number of para-hydroxylation sites is 1. The van der Waals surface area contributed by atoms with Gasteiger partial charge in [0.25, 0.3) is 0 Å².